The Morgan fingerprint density at radius 2 is 2.05 bits per heavy atom. The maximum atomic E-state index is 5.95. The number of ether oxygens (including phenoxy) is 1. The number of nitrogens with one attached hydrogen (secondary N) is 1. The van der Waals surface area contributed by atoms with Gasteiger partial charge in [0, 0.05) is 12.6 Å². The summed E-state index contributed by atoms with van der Waals surface area (Å²) < 4.78 is 5.75. The van der Waals surface area contributed by atoms with E-state index in [1.807, 2.05) is 6.07 Å². The third-order valence-corrected chi connectivity index (χ3v) is 4.32. The van der Waals surface area contributed by atoms with Crippen molar-refractivity contribution in [2.75, 3.05) is 13.2 Å². The van der Waals surface area contributed by atoms with Gasteiger partial charge in [0.1, 0.15) is 5.75 Å². The fourth-order valence-corrected chi connectivity index (χ4v) is 2.89. The number of rotatable bonds is 8. The van der Waals surface area contributed by atoms with Crippen molar-refractivity contribution in [1.82, 2.24) is 5.32 Å². The second kappa shape index (κ2) is 9.06. The summed E-state index contributed by atoms with van der Waals surface area (Å²) in [6, 6.07) is 8.88. The van der Waals surface area contributed by atoms with Crippen LogP contribution in [0, 0.1) is 5.92 Å². The predicted molar refractivity (Wildman–Crippen MR) is 88.5 cm³/mol. The Bertz CT molecular complexity index is 400. The van der Waals surface area contributed by atoms with Gasteiger partial charge in [0.2, 0.25) is 0 Å². The van der Waals surface area contributed by atoms with E-state index in [2.05, 4.69) is 30.4 Å². The maximum absolute atomic E-state index is 5.95. The van der Waals surface area contributed by atoms with Gasteiger partial charge in [0.25, 0.3) is 0 Å². The van der Waals surface area contributed by atoms with E-state index in [1.54, 1.807) is 0 Å². The van der Waals surface area contributed by atoms with Crippen LogP contribution in [0.4, 0.5) is 0 Å². The van der Waals surface area contributed by atoms with Crippen molar-refractivity contribution in [2.24, 2.45) is 11.7 Å². The second-order valence-corrected chi connectivity index (χ2v) is 6.26. The molecule has 1 aliphatic carbocycles. The van der Waals surface area contributed by atoms with Crippen molar-refractivity contribution in [2.45, 2.75) is 58.0 Å². The molecule has 0 saturated heterocycles. The quantitative estimate of drug-likeness (QED) is 0.721. The first-order chi connectivity index (χ1) is 10.3. The molecular formula is C18H30N2O. The Hall–Kier alpha value is -1.06. The Morgan fingerprint density at radius 1 is 1.24 bits per heavy atom. The van der Waals surface area contributed by atoms with E-state index in [4.69, 9.17) is 10.5 Å². The molecule has 21 heavy (non-hydrogen) atoms. The maximum Gasteiger partial charge on any atom is 0.119 e. The fourth-order valence-electron chi connectivity index (χ4n) is 2.89. The first-order valence-corrected chi connectivity index (χ1v) is 8.46. The molecule has 118 valence electrons. The number of nitrogens with two attached hydrogens (primary N) is 1. The topological polar surface area (TPSA) is 47.3 Å². The van der Waals surface area contributed by atoms with Gasteiger partial charge in [-0.25, -0.2) is 0 Å². The third kappa shape index (κ3) is 6.06. The van der Waals surface area contributed by atoms with Crippen LogP contribution in [0.25, 0.3) is 0 Å². The molecule has 0 aromatic heterocycles. The fraction of sp³-hybridized carbons (Fsp3) is 0.667. The van der Waals surface area contributed by atoms with E-state index >= 15 is 0 Å². The minimum Gasteiger partial charge on any atom is -0.494 e. The van der Waals surface area contributed by atoms with Crippen molar-refractivity contribution < 1.29 is 4.74 Å². The molecule has 0 radical (unpaired) electrons. The van der Waals surface area contributed by atoms with Crippen LogP contribution in [0.15, 0.2) is 24.3 Å². The highest BCUT2D eigenvalue weighted by atomic mass is 16.5. The van der Waals surface area contributed by atoms with E-state index in [9.17, 15) is 0 Å². The van der Waals surface area contributed by atoms with Gasteiger partial charge in [-0.1, -0.05) is 25.5 Å². The van der Waals surface area contributed by atoms with Gasteiger partial charge < -0.3 is 15.8 Å². The van der Waals surface area contributed by atoms with Crippen molar-refractivity contribution in [3.63, 3.8) is 0 Å². The summed E-state index contributed by atoms with van der Waals surface area (Å²) in [7, 11) is 0. The molecule has 0 aliphatic heterocycles. The van der Waals surface area contributed by atoms with E-state index < -0.39 is 0 Å². The Labute approximate surface area is 129 Å². The third-order valence-electron chi connectivity index (χ3n) is 4.32. The van der Waals surface area contributed by atoms with Gasteiger partial charge in [-0.2, -0.15) is 0 Å². The molecule has 0 bridgehead atoms. The summed E-state index contributed by atoms with van der Waals surface area (Å²) >= 11 is 0. The molecule has 1 aliphatic rings. The van der Waals surface area contributed by atoms with Crippen molar-refractivity contribution in [3.8, 4) is 5.75 Å². The van der Waals surface area contributed by atoms with Crippen LogP contribution in [0.2, 0.25) is 0 Å². The summed E-state index contributed by atoms with van der Waals surface area (Å²) in [5.74, 6) is 1.79. The zero-order chi connectivity index (χ0) is 14.9. The Kier molecular flexibility index (Phi) is 7.04. The average molecular weight is 290 g/mol. The van der Waals surface area contributed by atoms with E-state index in [0.717, 1.165) is 37.8 Å². The van der Waals surface area contributed by atoms with Gasteiger partial charge in [0.15, 0.2) is 0 Å². The largest absolute Gasteiger partial charge is 0.494 e. The lowest BCUT2D eigenvalue weighted by Crippen LogP contribution is -2.31. The van der Waals surface area contributed by atoms with Crippen molar-refractivity contribution >= 4 is 0 Å². The van der Waals surface area contributed by atoms with Crippen LogP contribution >= 0.6 is 0 Å². The van der Waals surface area contributed by atoms with Crippen LogP contribution in [-0.2, 0) is 6.54 Å². The number of unbranched alkanes of at least 4 members (excludes halogenated alkanes) is 1. The monoisotopic (exact) mass is 290 g/mol. The molecule has 1 aromatic rings. The van der Waals surface area contributed by atoms with E-state index in [-0.39, 0.29) is 0 Å². The molecule has 0 unspecified atom stereocenters. The van der Waals surface area contributed by atoms with Crippen LogP contribution < -0.4 is 15.8 Å². The molecule has 1 fully saturated rings. The molecule has 0 heterocycles. The Balaban J connectivity index is 1.69. The van der Waals surface area contributed by atoms with Gasteiger partial charge in [0.05, 0.1) is 6.61 Å². The molecule has 0 atom stereocenters. The average Bonchev–Trinajstić information content (AvgIpc) is 2.50. The normalized spacial score (nSPS) is 22.2. The second-order valence-electron chi connectivity index (χ2n) is 6.26. The minimum absolute atomic E-state index is 0.443. The lowest BCUT2D eigenvalue weighted by molar-refractivity contribution is 0.308. The van der Waals surface area contributed by atoms with E-state index in [0.29, 0.717) is 6.04 Å². The van der Waals surface area contributed by atoms with Crippen LogP contribution in [0.3, 0.4) is 0 Å². The zero-order valence-corrected chi connectivity index (χ0v) is 13.3. The summed E-state index contributed by atoms with van der Waals surface area (Å²) in [6.07, 6.45) is 7.21. The molecule has 0 spiro atoms. The first kappa shape index (κ1) is 16.3. The molecule has 3 N–H and O–H groups in total. The van der Waals surface area contributed by atoms with Crippen molar-refractivity contribution in [3.05, 3.63) is 29.8 Å². The van der Waals surface area contributed by atoms with Gasteiger partial charge in [-0.15, -0.1) is 0 Å². The lowest BCUT2D eigenvalue weighted by Gasteiger charge is -2.26. The van der Waals surface area contributed by atoms with E-state index in [1.165, 1.54) is 37.7 Å². The van der Waals surface area contributed by atoms with Crippen molar-refractivity contribution in [1.29, 1.82) is 0 Å². The van der Waals surface area contributed by atoms with Gasteiger partial charge in [-0.05, 0) is 62.3 Å². The molecule has 1 aromatic carbocycles. The molecule has 0 amide bonds. The van der Waals surface area contributed by atoms with Gasteiger partial charge >= 0.3 is 0 Å². The summed E-state index contributed by atoms with van der Waals surface area (Å²) in [4.78, 5) is 0. The first-order valence-electron chi connectivity index (χ1n) is 8.46. The van der Waals surface area contributed by atoms with Crippen LogP contribution in [0.5, 0.6) is 5.75 Å². The smallest absolute Gasteiger partial charge is 0.119 e. The summed E-state index contributed by atoms with van der Waals surface area (Å²) in [5, 5.41) is 3.58. The molecular weight excluding hydrogens is 260 g/mol. The predicted octanol–water partition coefficient (Wildman–Crippen LogP) is 3.47. The number of hydrogen-bond donors (Lipinski definition) is 2. The number of benzene rings is 1. The lowest BCUT2D eigenvalue weighted by atomic mass is 9.86. The van der Waals surface area contributed by atoms with Crippen LogP contribution in [-0.4, -0.2) is 19.2 Å². The summed E-state index contributed by atoms with van der Waals surface area (Å²) in [5.41, 5.74) is 7.25. The summed E-state index contributed by atoms with van der Waals surface area (Å²) in [6.45, 7) is 5.03. The molecule has 2 rings (SSSR count). The standard InChI is InChI=1S/C18H30N2O/c1-2-3-11-21-18-6-4-5-16(12-18)14-20-13-15-7-9-17(19)10-8-15/h4-6,12,15,17,20H,2-3,7-11,13-14,19H2,1H3/t15-,17-. The van der Waals surface area contributed by atoms with Gasteiger partial charge in [-0.3, -0.25) is 0 Å². The minimum atomic E-state index is 0.443. The SMILES string of the molecule is CCCCOc1cccc(CNC[C@H]2CC[C@H](N)CC2)c1. The Morgan fingerprint density at radius 3 is 2.81 bits per heavy atom. The highest BCUT2D eigenvalue weighted by Crippen LogP contribution is 2.22. The highest BCUT2D eigenvalue weighted by Gasteiger charge is 2.17. The molecule has 1 saturated carbocycles. The zero-order valence-electron chi connectivity index (χ0n) is 13.3. The van der Waals surface area contributed by atoms with Crippen LogP contribution in [0.1, 0.15) is 51.0 Å². The molecule has 3 nitrogen and oxygen atoms in total. The number of hydrogen-bond acceptors (Lipinski definition) is 3. The highest BCUT2D eigenvalue weighted by molar-refractivity contribution is 5.28. The molecule has 3 heteroatoms.